The summed E-state index contributed by atoms with van der Waals surface area (Å²) in [5, 5.41) is 3.56. The number of benzene rings is 1. The number of guanidine groups is 1. The van der Waals surface area contributed by atoms with Crippen LogP contribution in [0.15, 0.2) is 29.3 Å². The number of rotatable bonds is 4. The van der Waals surface area contributed by atoms with E-state index in [0.717, 1.165) is 44.2 Å². The average Bonchev–Trinajstić information content (AvgIpc) is 3.10. The molecule has 1 aromatic rings. The molecule has 2 aliphatic heterocycles. The van der Waals surface area contributed by atoms with Crippen molar-refractivity contribution in [3.8, 4) is 0 Å². The van der Waals surface area contributed by atoms with Gasteiger partial charge in [0.2, 0.25) is 0 Å². The summed E-state index contributed by atoms with van der Waals surface area (Å²) < 4.78 is 19.3. The molecule has 3 atom stereocenters. The van der Waals surface area contributed by atoms with Crippen LogP contribution in [0.5, 0.6) is 0 Å². The second-order valence-corrected chi connectivity index (χ2v) is 7.37. The fraction of sp³-hybridized carbons (Fsp3) is 0.650. The smallest absolute Gasteiger partial charge is 0.193 e. The highest BCUT2D eigenvalue weighted by Crippen LogP contribution is 2.25. The highest BCUT2D eigenvalue weighted by atomic mass is 127. The van der Waals surface area contributed by atoms with Crippen LogP contribution >= 0.6 is 24.0 Å². The molecule has 2 fully saturated rings. The Balaban J connectivity index is 0.00000261. The molecule has 1 N–H and O–H groups in total. The molecule has 3 rings (SSSR count). The van der Waals surface area contributed by atoms with Crippen LogP contribution in [-0.2, 0) is 4.74 Å². The molecule has 2 saturated heterocycles. The van der Waals surface area contributed by atoms with Crippen molar-refractivity contribution in [3.05, 3.63) is 35.6 Å². The van der Waals surface area contributed by atoms with Crippen molar-refractivity contribution in [2.24, 2.45) is 10.9 Å². The zero-order valence-electron chi connectivity index (χ0n) is 16.5. The van der Waals surface area contributed by atoms with Crippen LogP contribution < -0.4 is 5.32 Å². The van der Waals surface area contributed by atoms with Crippen LogP contribution in [0, 0.1) is 11.7 Å². The topological polar surface area (TPSA) is 40.1 Å². The predicted octanol–water partition coefficient (Wildman–Crippen LogP) is 3.12. The van der Waals surface area contributed by atoms with Gasteiger partial charge in [-0.2, -0.15) is 0 Å². The molecule has 0 aliphatic carbocycles. The number of morpholine rings is 1. The second kappa shape index (κ2) is 10.6. The van der Waals surface area contributed by atoms with Gasteiger partial charge in [0, 0.05) is 26.7 Å². The third-order valence-corrected chi connectivity index (χ3v) is 5.38. The minimum atomic E-state index is -0.218. The summed E-state index contributed by atoms with van der Waals surface area (Å²) in [6, 6.07) is 6.61. The van der Waals surface area contributed by atoms with E-state index in [0.29, 0.717) is 5.92 Å². The first-order chi connectivity index (χ1) is 12.6. The molecule has 152 valence electrons. The quantitative estimate of drug-likeness (QED) is 0.400. The summed E-state index contributed by atoms with van der Waals surface area (Å²) in [6.07, 6.45) is 1.27. The van der Waals surface area contributed by atoms with Crippen molar-refractivity contribution in [1.82, 2.24) is 15.1 Å². The van der Waals surface area contributed by atoms with E-state index < -0.39 is 0 Å². The lowest BCUT2D eigenvalue weighted by Gasteiger charge is -2.39. The van der Waals surface area contributed by atoms with Crippen LogP contribution in [0.1, 0.15) is 31.9 Å². The normalized spacial score (nSPS) is 26.7. The highest BCUT2D eigenvalue weighted by molar-refractivity contribution is 14.0. The zero-order chi connectivity index (χ0) is 18.5. The number of likely N-dealkylation sites (tertiary alicyclic amines) is 1. The Morgan fingerprint density at radius 3 is 2.63 bits per heavy atom. The SMILES string of the molecule is CCN1CCC(CNC(=NC)N2CC(C)OC(c3ccc(F)cc3)C2)C1.I. The van der Waals surface area contributed by atoms with Crippen molar-refractivity contribution >= 4 is 29.9 Å². The van der Waals surface area contributed by atoms with Crippen molar-refractivity contribution in [2.75, 3.05) is 46.3 Å². The van der Waals surface area contributed by atoms with Gasteiger partial charge in [0.15, 0.2) is 5.96 Å². The largest absolute Gasteiger partial charge is 0.367 e. The number of hydrogen-bond acceptors (Lipinski definition) is 3. The lowest BCUT2D eigenvalue weighted by molar-refractivity contribution is -0.0605. The van der Waals surface area contributed by atoms with Crippen LogP contribution in [0.4, 0.5) is 4.39 Å². The fourth-order valence-electron chi connectivity index (χ4n) is 3.92. The van der Waals surface area contributed by atoms with Crippen molar-refractivity contribution in [2.45, 2.75) is 32.5 Å². The van der Waals surface area contributed by atoms with E-state index in [1.54, 1.807) is 0 Å². The van der Waals surface area contributed by atoms with Gasteiger partial charge < -0.3 is 19.9 Å². The van der Waals surface area contributed by atoms with Gasteiger partial charge in [-0.3, -0.25) is 4.99 Å². The molecule has 3 unspecified atom stereocenters. The number of halogens is 2. The van der Waals surface area contributed by atoms with Crippen LogP contribution in [0.25, 0.3) is 0 Å². The van der Waals surface area contributed by atoms with Gasteiger partial charge in [0.1, 0.15) is 11.9 Å². The van der Waals surface area contributed by atoms with Crippen LogP contribution in [-0.4, -0.2) is 68.2 Å². The van der Waals surface area contributed by atoms with Gasteiger partial charge in [-0.05, 0) is 50.0 Å². The molecule has 0 radical (unpaired) electrons. The Labute approximate surface area is 179 Å². The van der Waals surface area contributed by atoms with E-state index in [-0.39, 0.29) is 42.0 Å². The summed E-state index contributed by atoms with van der Waals surface area (Å²) in [7, 11) is 1.84. The van der Waals surface area contributed by atoms with Gasteiger partial charge in [0.25, 0.3) is 0 Å². The molecule has 5 nitrogen and oxygen atoms in total. The zero-order valence-corrected chi connectivity index (χ0v) is 18.9. The Morgan fingerprint density at radius 2 is 2.00 bits per heavy atom. The van der Waals surface area contributed by atoms with Crippen LogP contribution in [0.2, 0.25) is 0 Å². The molecule has 2 heterocycles. The molecule has 0 saturated carbocycles. The molecule has 0 aromatic heterocycles. The van der Waals surface area contributed by atoms with E-state index in [4.69, 9.17) is 4.74 Å². The summed E-state index contributed by atoms with van der Waals surface area (Å²) in [6.45, 7) is 10.3. The predicted molar refractivity (Wildman–Crippen MR) is 118 cm³/mol. The molecular formula is C20H32FIN4O. The van der Waals surface area contributed by atoms with Gasteiger partial charge in [-0.25, -0.2) is 4.39 Å². The molecule has 0 bridgehead atoms. The van der Waals surface area contributed by atoms with E-state index in [1.807, 2.05) is 19.2 Å². The van der Waals surface area contributed by atoms with Crippen molar-refractivity contribution in [1.29, 1.82) is 0 Å². The number of hydrogen-bond donors (Lipinski definition) is 1. The Kier molecular flexibility index (Phi) is 8.75. The maximum atomic E-state index is 13.2. The lowest BCUT2D eigenvalue weighted by atomic mass is 10.1. The molecule has 27 heavy (non-hydrogen) atoms. The minimum Gasteiger partial charge on any atom is -0.367 e. The monoisotopic (exact) mass is 490 g/mol. The fourth-order valence-corrected chi connectivity index (χ4v) is 3.92. The molecule has 2 aliphatic rings. The van der Waals surface area contributed by atoms with Gasteiger partial charge in [0.05, 0.1) is 12.6 Å². The Bertz CT molecular complexity index is 613. The standard InChI is InChI=1S/C20H31FN4O.HI/c1-4-24-10-9-16(13-24)11-23-20(22-3)25-12-15(2)26-19(14-25)17-5-7-18(21)8-6-17;/h5-8,15-16,19H,4,9-14H2,1-3H3,(H,22,23);1H. The maximum Gasteiger partial charge on any atom is 0.193 e. The van der Waals surface area contributed by atoms with Crippen molar-refractivity contribution < 1.29 is 9.13 Å². The first-order valence-electron chi connectivity index (χ1n) is 9.68. The van der Waals surface area contributed by atoms with E-state index >= 15 is 0 Å². The lowest BCUT2D eigenvalue weighted by Crippen LogP contribution is -2.51. The molecular weight excluding hydrogens is 458 g/mol. The summed E-state index contributed by atoms with van der Waals surface area (Å²) in [4.78, 5) is 9.25. The molecule has 0 amide bonds. The number of nitrogens with one attached hydrogen (secondary N) is 1. The first-order valence-corrected chi connectivity index (χ1v) is 9.68. The molecule has 0 spiro atoms. The minimum absolute atomic E-state index is 0. The maximum absolute atomic E-state index is 13.2. The molecule has 7 heteroatoms. The molecule has 1 aromatic carbocycles. The summed E-state index contributed by atoms with van der Waals surface area (Å²) >= 11 is 0. The van der Waals surface area contributed by atoms with E-state index in [1.165, 1.54) is 25.1 Å². The van der Waals surface area contributed by atoms with Gasteiger partial charge in [-0.1, -0.05) is 19.1 Å². The number of nitrogens with zero attached hydrogens (tertiary/aromatic N) is 3. The first kappa shape index (κ1) is 22.4. The second-order valence-electron chi connectivity index (χ2n) is 7.37. The Hall–Kier alpha value is -0.930. The average molecular weight is 490 g/mol. The Morgan fingerprint density at radius 1 is 1.26 bits per heavy atom. The van der Waals surface area contributed by atoms with Crippen LogP contribution in [0.3, 0.4) is 0 Å². The van der Waals surface area contributed by atoms with Gasteiger partial charge in [-0.15, -0.1) is 24.0 Å². The van der Waals surface area contributed by atoms with E-state index in [9.17, 15) is 4.39 Å². The summed E-state index contributed by atoms with van der Waals surface area (Å²) in [5.41, 5.74) is 1.01. The third-order valence-electron chi connectivity index (χ3n) is 5.38. The van der Waals surface area contributed by atoms with Gasteiger partial charge >= 0.3 is 0 Å². The summed E-state index contributed by atoms with van der Waals surface area (Å²) in [5.74, 6) is 1.39. The van der Waals surface area contributed by atoms with Crippen molar-refractivity contribution in [3.63, 3.8) is 0 Å². The third kappa shape index (κ3) is 6.02. The number of ether oxygens (including phenoxy) is 1. The highest BCUT2D eigenvalue weighted by Gasteiger charge is 2.29. The number of aliphatic imine (C=N–C) groups is 1. The van der Waals surface area contributed by atoms with E-state index in [2.05, 4.69) is 34.0 Å².